The van der Waals surface area contributed by atoms with E-state index in [1.165, 1.54) is 11.3 Å². The molecule has 0 saturated heterocycles. The fraction of sp³-hybridized carbons (Fsp3) is 0.533. The molecule has 0 spiro atoms. The van der Waals surface area contributed by atoms with E-state index in [0.717, 1.165) is 29.2 Å². The monoisotopic (exact) mass is 294 g/mol. The van der Waals surface area contributed by atoms with Gasteiger partial charge in [0.1, 0.15) is 5.75 Å². The summed E-state index contributed by atoms with van der Waals surface area (Å²) in [6.07, 6.45) is 4.10. The third kappa shape index (κ3) is 3.22. The molecule has 0 fully saturated rings. The zero-order valence-corrected chi connectivity index (χ0v) is 13.1. The number of methoxy groups -OCH3 is 1. The van der Waals surface area contributed by atoms with E-state index >= 15 is 0 Å². The summed E-state index contributed by atoms with van der Waals surface area (Å²) in [7, 11) is 1.63. The van der Waals surface area contributed by atoms with E-state index in [2.05, 4.69) is 18.9 Å². The van der Waals surface area contributed by atoms with Crippen molar-refractivity contribution in [1.82, 2.24) is 9.78 Å². The van der Waals surface area contributed by atoms with E-state index in [9.17, 15) is 5.11 Å². The summed E-state index contributed by atoms with van der Waals surface area (Å²) in [6.45, 7) is 4.34. The molecule has 0 aliphatic heterocycles. The molecule has 1 atom stereocenters. The lowest BCUT2D eigenvalue weighted by Crippen LogP contribution is -2.09. The molecule has 0 aliphatic rings. The van der Waals surface area contributed by atoms with Crippen molar-refractivity contribution < 1.29 is 9.84 Å². The highest BCUT2D eigenvalue weighted by Crippen LogP contribution is 2.32. The minimum atomic E-state index is -0.560. The Labute approximate surface area is 124 Å². The van der Waals surface area contributed by atoms with Crippen LogP contribution in [-0.4, -0.2) is 22.0 Å². The standard InChI is InChI=1S/C15H22N2O2S/c1-4-12(5-2)17-8-6-11(16-17)10-13(18)15-14(19-3)7-9-20-15/h6-9,12-13,18H,4-5,10H2,1-3H3. The van der Waals surface area contributed by atoms with Crippen molar-refractivity contribution in [1.29, 1.82) is 0 Å². The van der Waals surface area contributed by atoms with Crippen LogP contribution in [0.2, 0.25) is 0 Å². The SMILES string of the molecule is CCC(CC)n1ccc(CC(O)c2sccc2OC)n1. The molecule has 1 N–H and O–H groups in total. The summed E-state index contributed by atoms with van der Waals surface area (Å²) in [5, 5.41) is 16.8. The zero-order valence-electron chi connectivity index (χ0n) is 12.2. The van der Waals surface area contributed by atoms with Crippen LogP contribution in [0.4, 0.5) is 0 Å². The Hall–Kier alpha value is -1.33. The van der Waals surface area contributed by atoms with Gasteiger partial charge in [0.2, 0.25) is 0 Å². The highest BCUT2D eigenvalue weighted by atomic mass is 32.1. The summed E-state index contributed by atoms with van der Waals surface area (Å²) in [5.41, 5.74) is 0.917. The van der Waals surface area contributed by atoms with Gasteiger partial charge in [-0.1, -0.05) is 13.8 Å². The maximum atomic E-state index is 10.3. The summed E-state index contributed by atoms with van der Waals surface area (Å²) in [6, 6.07) is 4.31. The Kier molecular flexibility index (Phi) is 5.20. The number of hydrogen-bond donors (Lipinski definition) is 1. The smallest absolute Gasteiger partial charge is 0.135 e. The fourth-order valence-electron chi connectivity index (χ4n) is 2.36. The van der Waals surface area contributed by atoms with Gasteiger partial charge in [-0.25, -0.2) is 0 Å². The van der Waals surface area contributed by atoms with Gasteiger partial charge in [-0.05, 0) is 30.4 Å². The molecular formula is C15H22N2O2S. The number of aromatic nitrogens is 2. The van der Waals surface area contributed by atoms with Crippen molar-refractivity contribution >= 4 is 11.3 Å². The van der Waals surface area contributed by atoms with Gasteiger partial charge in [-0.2, -0.15) is 5.10 Å². The van der Waals surface area contributed by atoms with E-state index in [1.54, 1.807) is 7.11 Å². The first-order chi connectivity index (χ1) is 9.69. The van der Waals surface area contributed by atoms with Crippen LogP contribution in [0.5, 0.6) is 5.75 Å². The lowest BCUT2D eigenvalue weighted by atomic mass is 10.1. The van der Waals surface area contributed by atoms with Crippen LogP contribution in [-0.2, 0) is 6.42 Å². The molecule has 0 saturated carbocycles. The quantitative estimate of drug-likeness (QED) is 0.849. The highest BCUT2D eigenvalue weighted by Gasteiger charge is 2.17. The molecule has 2 heterocycles. The first-order valence-corrected chi connectivity index (χ1v) is 7.91. The van der Waals surface area contributed by atoms with Crippen LogP contribution < -0.4 is 4.74 Å². The second-order valence-corrected chi connectivity index (χ2v) is 5.78. The molecule has 0 amide bonds. The number of aliphatic hydroxyl groups is 1. The van der Waals surface area contributed by atoms with E-state index in [4.69, 9.17) is 4.74 Å². The average Bonchev–Trinajstić information content (AvgIpc) is 3.09. The average molecular weight is 294 g/mol. The van der Waals surface area contributed by atoms with Crippen LogP contribution >= 0.6 is 11.3 Å². The van der Waals surface area contributed by atoms with Gasteiger partial charge in [0.15, 0.2) is 0 Å². The first kappa shape index (κ1) is 15.1. The summed E-state index contributed by atoms with van der Waals surface area (Å²) < 4.78 is 7.25. The molecule has 2 aromatic rings. The topological polar surface area (TPSA) is 47.3 Å². The third-order valence-electron chi connectivity index (χ3n) is 3.56. The summed E-state index contributed by atoms with van der Waals surface area (Å²) in [4.78, 5) is 0.865. The van der Waals surface area contributed by atoms with E-state index in [0.29, 0.717) is 12.5 Å². The van der Waals surface area contributed by atoms with Gasteiger partial charge in [-0.15, -0.1) is 11.3 Å². The van der Waals surface area contributed by atoms with E-state index < -0.39 is 6.10 Å². The molecule has 0 bridgehead atoms. The van der Waals surface area contributed by atoms with Crippen molar-refractivity contribution in [3.63, 3.8) is 0 Å². The normalized spacial score (nSPS) is 12.8. The van der Waals surface area contributed by atoms with Crippen molar-refractivity contribution in [2.45, 2.75) is 45.3 Å². The molecule has 2 aromatic heterocycles. The Morgan fingerprint density at radius 3 is 2.75 bits per heavy atom. The first-order valence-electron chi connectivity index (χ1n) is 7.03. The van der Waals surface area contributed by atoms with Crippen molar-refractivity contribution in [2.24, 2.45) is 0 Å². The lowest BCUT2D eigenvalue weighted by molar-refractivity contribution is 0.176. The second-order valence-electron chi connectivity index (χ2n) is 4.83. The molecule has 0 aliphatic carbocycles. The van der Waals surface area contributed by atoms with Crippen LogP contribution in [0.15, 0.2) is 23.7 Å². The third-order valence-corrected chi connectivity index (χ3v) is 4.56. The predicted molar refractivity (Wildman–Crippen MR) is 81.4 cm³/mol. The lowest BCUT2D eigenvalue weighted by Gasteiger charge is -2.13. The van der Waals surface area contributed by atoms with Gasteiger partial charge >= 0.3 is 0 Å². The number of aliphatic hydroxyl groups excluding tert-OH is 1. The second kappa shape index (κ2) is 6.90. The number of thiophene rings is 1. The largest absolute Gasteiger partial charge is 0.495 e. The van der Waals surface area contributed by atoms with E-state index in [-0.39, 0.29) is 0 Å². The number of ether oxygens (including phenoxy) is 1. The molecular weight excluding hydrogens is 272 g/mol. The number of rotatable bonds is 7. The molecule has 1 unspecified atom stereocenters. The maximum absolute atomic E-state index is 10.3. The molecule has 0 radical (unpaired) electrons. The van der Waals surface area contributed by atoms with Crippen molar-refractivity contribution in [3.8, 4) is 5.75 Å². The van der Waals surface area contributed by atoms with Gasteiger partial charge in [0, 0.05) is 12.6 Å². The predicted octanol–water partition coefficient (Wildman–Crippen LogP) is 3.59. The minimum Gasteiger partial charge on any atom is -0.495 e. The number of nitrogens with zero attached hydrogens (tertiary/aromatic N) is 2. The molecule has 5 heteroatoms. The highest BCUT2D eigenvalue weighted by molar-refractivity contribution is 7.10. The van der Waals surface area contributed by atoms with Crippen LogP contribution in [0, 0.1) is 0 Å². The van der Waals surface area contributed by atoms with Crippen LogP contribution in [0.1, 0.15) is 49.4 Å². The Morgan fingerprint density at radius 1 is 1.35 bits per heavy atom. The number of hydrogen-bond acceptors (Lipinski definition) is 4. The maximum Gasteiger partial charge on any atom is 0.135 e. The zero-order chi connectivity index (χ0) is 14.5. The summed E-state index contributed by atoms with van der Waals surface area (Å²) >= 11 is 1.51. The van der Waals surface area contributed by atoms with Gasteiger partial charge in [0.25, 0.3) is 0 Å². The van der Waals surface area contributed by atoms with Crippen molar-refractivity contribution in [3.05, 3.63) is 34.3 Å². The molecule has 4 nitrogen and oxygen atoms in total. The van der Waals surface area contributed by atoms with Crippen LogP contribution in [0.25, 0.3) is 0 Å². The Morgan fingerprint density at radius 2 is 2.10 bits per heavy atom. The Balaban J connectivity index is 2.07. The molecule has 2 rings (SSSR count). The van der Waals surface area contributed by atoms with Gasteiger partial charge < -0.3 is 9.84 Å². The minimum absolute atomic E-state index is 0.442. The summed E-state index contributed by atoms with van der Waals surface area (Å²) in [5.74, 6) is 0.752. The van der Waals surface area contributed by atoms with Gasteiger partial charge in [0.05, 0.1) is 29.8 Å². The van der Waals surface area contributed by atoms with Crippen LogP contribution in [0.3, 0.4) is 0 Å². The van der Waals surface area contributed by atoms with Crippen molar-refractivity contribution in [2.75, 3.05) is 7.11 Å². The van der Waals surface area contributed by atoms with E-state index in [1.807, 2.05) is 28.4 Å². The molecule has 0 aromatic carbocycles. The fourth-order valence-corrected chi connectivity index (χ4v) is 3.21. The van der Waals surface area contributed by atoms with Gasteiger partial charge in [-0.3, -0.25) is 4.68 Å². The molecule has 110 valence electrons. The molecule has 20 heavy (non-hydrogen) atoms. The Bertz CT molecular complexity index is 531.